The van der Waals surface area contributed by atoms with Crippen LogP contribution in [0.15, 0.2) is 18.2 Å². The van der Waals surface area contributed by atoms with E-state index in [0.717, 1.165) is 37.9 Å². The van der Waals surface area contributed by atoms with E-state index in [9.17, 15) is 9.18 Å². The highest BCUT2D eigenvalue weighted by Crippen LogP contribution is 2.29. The number of aryl methyl sites for hydroxylation is 1. The summed E-state index contributed by atoms with van der Waals surface area (Å²) >= 11 is 0. The van der Waals surface area contributed by atoms with E-state index >= 15 is 0 Å². The summed E-state index contributed by atoms with van der Waals surface area (Å²) in [5, 5.41) is 0. The lowest BCUT2D eigenvalue weighted by Crippen LogP contribution is -2.50. The molecule has 1 aromatic rings. The minimum atomic E-state index is -0.459. The van der Waals surface area contributed by atoms with Gasteiger partial charge in [0.2, 0.25) is 0 Å². The summed E-state index contributed by atoms with van der Waals surface area (Å²) in [7, 11) is 0. The minimum Gasteiger partial charge on any atom is -0.292 e. The van der Waals surface area contributed by atoms with Crippen molar-refractivity contribution in [2.45, 2.75) is 45.6 Å². The average molecular weight is 263 g/mol. The zero-order chi connectivity index (χ0) is 14.0. The molecule has 0 spiro atoms. The van der Waals surface area contributed by atoms with Crippen molar-refractivity contribution in [1.29, 1.82) is 0 Å². The second-order valence-corrected chi connectivity index (χ2v) is 5.61. The predicted molar refractivity (Wildman–Crippen MR) is 75.0 cm³/mol. The summed E-state index contributed by atoms with van der Waals surface area (Å²) in [6, 6.07) is 4.44. The molecular formula is C16H22FNO. The highest BCUT2D eigenvalue weighted by molar-refractivity contribution is 6.04. The van der Waals surface area contributed by atoms with Crippen LogP contribution < -0.4 is 0 Å². The molecule has 0 saturated carbocycles. The van der Waals surface area contributed by atoms with E-state index in [1.54, 1.807) is 13.0 Å². The van der Waals surface area contributed by atoms with Crippen molar-refractivity contribution < 1.29 is 9.18 Å². The molecule has 0 N–H and O–H groups in total. The van der Waals surface area contributed by atoms with Crippen LogP contribution in [0, 0.1) is 12.7 Å². The van der Waals surface area contributed by atoms with Gasteiger partial charge in [0.05, 0.1) is 5.54 Å². The fourth-order valence-corrected chi connectivity index (χ4v) is 2.91. The highest BCUT2D eigenvalue weighted by atomic mass is 19.1. The molecule has 104 valence electrons. The summed E-state index contributed by atoms with van der Waals surface area (Å²) in [5.41, 5.74) is 0.917. The first-order chi connectivity index (χ1) is 8.99. The molecule has 1 fully saturated rings. The van der Waals surface area contributed by atoms with Gasteiger partial charge in [0, 0.05) is 5.56 Å². The molecule has 1 unspecified atom stereocenters. The molecule has 2 nitrogen and oxygen atoms in total. The first-order valence-electron chi connectivity index (χ1n) is 7.05. The Balaban J connectivity index is 2.34. The maximum Gasteiger partial charge on any atom is 0.183 e. The Bertz CT molecular complexity index is 480. The zero-order valence-corrected chi connectivity index (χ0v) is 12.0. The van der Waals surface area contributed by atoms with Crippen molar-refractivity contribution in [3.05, 3.63) is 35.1 Å². The lowest BCUT2D eigenvalue weighted by molar-refractivity contribution is 0.0647. The van der Waals surface area contributed by atoms with Gasteiger partial charge in [0.15, 0.2) is 5.78 Å². The number of nitrogens with zero attached hydrogens (tertiary/aromatic N) is 1. The Morgan fingerprint density at radius 1 is 1.37 bits per heavy atom. The molecule has 0 amide bonds. The lowest BCUT2D eigenvalue weighted by atomic mass is 9.85. The van der Waals surface area contributed by atoms with Gasteiger partial charge in [-0.05, 0) is 70.0 Å². The van der Waals surface area contributed by atoms with Gasteiger partial charge in [0.25, 0.3) is 0 Å². The summed E-state index contributed by atoms with van der Waals surface area (Å²) in [6.07, 6.45) is 3.10. The number of rotatable bonds is 4. The maximum atomic E-state index is 13.2. The predicted octanol–water partition coefficient (Wildman–Crippen LogP) is 3.58. The lowest BCUT2D eigenvalue weighted by Gasteiger charge is -2.37. The molecule has 1 heterocycles. The summed E-state index contributed by atoms with van der Waals surface area (Å²) in [4.78, 5) is 15.1. The Morgan fingerprint density at radius 2 is 2.00 bits per heavy atom. The largest absolute Gasteiger partial charge is 0.292 e. The minimum absolute atomic E-state index is 0.120. The van der Waals surface area contributed by atoms with Crippen LogP contribution in [0.3, 0.4) is 0 Å². The van der Waals surface area contributed by atoms with Crippen molar-refractivity contribution >= 4 is 5.78 Å². The number of hydrogen-bond donors (Lipinski definition) is 0. The van der Waals surface area contributed by atoms with Gasteiger partial charge in [-0.3, -0.25) is 9.69 Å². The number of benzene rings is 1. The van der Waals surface area contributed by atoms with Gasteiger partial charge in [-0.2, -0.15) is 0 Å². The Labute approximate surface area is 114 Å². The van der Waals surface area contributed by atoms with Crippen LogP contribution in [0.4, 0.5) is 4.39 Å². The second kappa shape index (κ2) is 5.41. The molecule has 1 atom stereocenters. The monoisotopic (exact) mass is 263 g/mol. The van der Waals surface area contributed by atoms with Gasteiger partial charge in [-0.1, -0.05) is 6.92 Å². The van der Waals surface area contributed by atoms with Crippen molar-refractivity contribution in [2.24, 2.45) is 0 Å². The standard InChI is InChI=1S/C16H22FNO/c1-4-16(3,18-9-5-6-10-18)15(19)14-8-7-13(17)11-12(14)2/h7-8,11H,4-6,9-10H2,1-3H3. The average Bonchev–Trinajstić information content (AvgIpc) is 2.91. The molecule has 1 aliphatic rings. The van der Waals surface area contributed by atoms with Gasteiger partial charge < -0.3 is 0 Å². The molecule has 1 saturated heterocycles. The number of likely N-dealkylation sites (tertiary alicyclic amines) is 1. The number of hydrogen-bond acceptors (Lipinski definition) is 2. The summed E-state index contributed by atoms with van der Waals surface area (Å²) in [6.45, 7) is 7.83. The van der Waals surface area contributed by atoms with E-state index in [2.05, 4.69) is 11.8 Å². The number of Topliss-reactive ketones (excluding diaryl/α,β-unsaturated/α-hetero) is 1. The van der Waals surface area contributed by atoms with E-state index < -0.39 is 5.54 Å². The van der Waals surface area contributed by atoms with Crippen molar-refractivity contribution in [1.82, 2.24) is 4.90 Å². The van der Waals surface area contributed by atoms with Gasteiger partial charge >= 0.3 is 0 Å². The molecule has 3 heteroatoms. The molecule has 2 rings (SSSR count). The van der Waals surface area contributed by atoms with Gasteiger partial charge in [-0.15, -0.1) is 0 Å². The van der Waals surface area contributed by atoms with Gasteiger partial charge in [-0.25, -0.2) is 4.39 Å². The molecule has 19 heavy (non-hydrogen) atoms. The SMILES string of the molecule is CCC(C)(C(=O)c1ccc(F)cc1C)N1CCCC1. The number of halogens is 1. The van der Waals surface area contributed by atoms with Crippen LogP contribution >= 0.6 is 0 Å². The van der Waals surface area contributed by atoms with Crippen molar-refractivity contribution in [2.75, 3.05) is 13.1 Å². The van der Waals surface area contributed by atoms with E-state index in [0.29, 0.717) is 5.56 Å². The van der Waals surface area contributed by atoms with E-state index in [1.807, 2.05) is 6.92 Å². The van der Waals surface area contributed by atoms with Crippen molar-refractivity contribution in [3.63, 3.8) is 0 Å². The van der Waals surface area contributed by atoms with Crippen LogP contribution in [-0.2, 0) is 0 Å². The highest BCUT2D eigenvalue weighted by Gasteiger charge is 2.39. The number of carbonyl (C=O) groups excluding carboxylic acids is 1. The fraction of sp³-hybridized carbons (Fsp3) is 0.562. The maximum absolute atomic E-state index is 13.2. The molecule has 0 aromatic heterocycles. The van der Waals surface area contributed by atoms with E-state index in [4.69, 9.17) is 0 Å². The Hall–Kier alpha value is -1.22. The smallest absolute Gasteiger partial charge is 0.183 e. The molecule has 0 radical (unpaired) electrons. The van der Waals surface area contributed by atoms with Crippen molar-refractivity contribution in [3.8, 4) is 0 Å². The van der Waals surface area contributed by atoms with Crippen LogP contribution in [0.2, 0.25) is 0 Å². The third-order valence-electron chi connectivity index (χ3n) is 4.41. The summed E-state index contributed by atoms with van der Waals surface area (Å²) in [5.74, 6) is -0.164. The molecule has 0 bridgehead atoms. The zero-order valence-electron chi connectivity index (χ0n) is 12.0. The summed E-state index contributed by atoms with van der Waals surface area (Å²) < 4.78 is 13.2. The fourth-order valence-electron chi connectivity index (χ4n) is 2.91. The van der Waals surface area contributed by atoms with E-state index in [-0.39, 0.29) is 11.6 Å². The molecule has 0 aliphatic carbocycles. The first-order valence-corrected chi connectivity index (χ1v) is 7.05. The molecule has 1 aromatic carbocycles. The molecular weight excluding hydrogens is 241 g/mol. The third kappa shape index (κ3) is 2.57. The third-order valence-corrected chi connectivity index (χ3v) is 4.41. The number of ketones is 1. The normalized spacial score (nSPS) is 19.4. The second-order valence-electron chi connectivity index (χ2n) is 5.61. The Kier molecular flexibility index (Phi) is 4.04. The van der Waals surface area contributed by atoms with E-state index in [1.165, 1.54) is 12.1 Å². The van der Waals surface area contributed by atoms with Gasteiger partial charge in [0.1, 0.15) is 5.82 Å². The van der Waals surface area contributed by atoms with Crippen LogP contribution in [-0.4, -0.2) is 29.3 Å². The van der Waals surface area contributed by atoms with Crippen LogP contribution in [0.5, 0.6) is 0 Å². The molecule has 1 aliphatic heterocycles. The first kappa shape index (κ1) is 14.2. The topological polar surface area (TPSA) is 20.3 Å². The quantitative estimate of drug-likeness (QED) is 0.774. The van der Waals surface area contributed by atoms with Crippen LogP contribution in [0.25, 0.3) is 0 Å². The Morgan fingerprint density at radius 3 is 2.53 bits per heavy atom. The van der Waals surface area contributed by atoms with Crippen LogP contribution in [0.1, 0.15) is 49.0 Å². The number of carbonyl (C=O) groups is 1.